The van der Waals surface area contributed by atoms with Gasteiger partial charge in [0.1, 0.15) is 5.82 Å². The second kappa shape index (κ2) is 5.15. The minimum absolute atomic E-state index is 0.203. The SMILES string of the molecule is CC(CC1CC1)NCc1ccc(F)c(Cl)c1. The average molecular weight is 242 g/mol. The van der Waals surface area contributed by atoms with Crippen LogP contribution in [-0.2, 0) is 6.54 Å². The molecule has 1 aromatic carbocycles. The predicted octanol–water partition coefficient (Wildman–Crippen LogP) is 3.76. The Bertz CT molecular complexity index is 363. The number of nitrogens with one attached hydrogen (secondary N) is 1. The van der Waals surface area contributed by atoms with Gasteiger partial charge < -0.3 is 5.32 Å². The standard InChI is InChI=1S/C13H17ClFN/c1-9(6-10-2-3-10)16-8-11-4-5-13(15)12(14)7-11/h4-5,7,9-10,16H,2-3,6,8H2,1H3. The second-order valence-electron chi connectivity index (χ2n) is 4.71. The van der Waals surface area contributed by atoms with E-state index < -0.39 is 0 Å². The third-order valence-corrected chi connectivity index (χ3v) is 3.31. The third kappa shape index (κ3) is 3.46. The van der Waals surface area contributed by atoms with E-state index >= 15 is 0 Å². The summed E-state index contributed by atoms with van der Waals surface area (Å²) >= 11 is 5.72. The van der Waals surface area contributed by atoms with Crippen molar-refractivity contribution in [1.82, 2.24) is 5.32 Å². The minimum Gasteiger partial charge on any atom is -0.310 e. The van der Waals surface area contributed by atoms with Crippen LogP contribution in [0.2, 0.25) is 5.02 Å². The maximum Gasteiger partial charge on any atom is 0.141 e. The molecule has 0 bridgehead atoms. The Kier molecular flexibility index (Phi) is 3.82. The molecule has 3 heteroatoms. The number of hydrogen-bond acceptors (Lipinski definition) is 1. The Morgan fingerprint density at radius 3 is 2.88 bits per heavy atom. The first-order valence-electron chi connectivity index (χ1n) is 5.82. The summed E-state index contributed by atoms with van der Waals surface area (Å²) in [5.74, 6) is 0.579. The predicted molar refractivity (Wildman–Crippen MR) is 65.1 cm³/mol. The molecule has 0 saturated heterocycles. The molecule has 1 atom stereocenters. The van der Waals surface area contributed by atoms with E-state index in [0.29, 0.717) is 6.04 Å². The second-order valence-corrected chi connectivity index (χ2v) is 5.12. The van der Waals surface area contributed by atoms with E-state index in [4.69, 9.17) is 11.6 Å². The lowest BCUT2D eigenvalue weighted by Crippen LogP contribution is -2.25. The van der Waals surface area contributed by atoms with E-state index in [1.54, 1.807) is 12.1 Å². The summed E-state index contributed by atoms with van der Waals surface area (Å²) in [4.78, 5) is 0. The molecule has 0 amide bonds. The van der Waals surface area contributed by atoms with Gasteiger partial charge in [0.25, 0.3) is 0 Å². The molecule has 1 aromatic rings. The van der Waals surface area contributed by atoms with Crippen LogP contribution in [0.5, 0.6) is 0 Å². The van der Waals surface area contributed by atoms with Crippen molar-refractivity contribution < 1.29 is 4.39 Å². The molecule has 0 aromatic heterocycles. The van der Waals surface area contributed by atoms with Crippen LogP contribution in [0, 0.1) is 11.7 Å². The van der Waals surface area contributed by atoms with Crippen LogP contribution >= 0.6 is 11.6 Å². The van der Waals surface area contributed by atoms with Gasteiger partial charge in [-0.3, -0.25) is 0 Å². The van der Waals surface area contributed by atoms with Crippen LogP contribution in [-0.4, -0.2) is 6.04 Å². The molecule has 0 spiro atoms. The molecular weight excluding hydrogens is 225 g/mol. The highest BCUT2D eigenvalue weighted by Gasteiger charge is 2.23. The van der Waals surface area contributed by atoms with Gasteiger partial charge in [0, 0.05) is 12.6 Å². The number of hydrogen-bond donors (Lipinski definition) is 1. The van der Waals surface area contributed by atoms with E-state index in [2.05, 4.69) is 12.2 Å². The summed E-state index contributed by atoms with van der Waals surface area (Å²) in [6.45, 7) is 2.96. The largest absolute Gasteiger partial charge is 0.310 e. The highest BCUT2D eigenvalue weighted by molar-refractivity contribution is 6.30. The molecule has 1 unspecified atom stereocenters. The molecule has 88 valence electrons. The molecule has 1 saturated carbocycles. The lowest BCUT2D eigenvalue weighted by atomic mass is 10.1. The molecule has 1 nitrogen and oxygen atoms in total. The first kappa shape index (κ1) is 11.9. The maximum absolute atomic E-state index is 12.9. The molecule has 1 aliphatic rings. The van der Waals surface area contributed by atoms with Crippen LogP contribution in [0.25, 0.3) is 0 Å². The summed E-state index contributed by atoms with van der Waals surface area (Å²) in [5, 5.41) is 3.64. The lowest BCUT2D eigenvalue weighted by molar-refractivity contribution is 0.487. The zero-order valence-corrected chi connectivity index (χ0v) is 10.2. The molecule has 0 radical (unpaired) electrons. The first-order chi connectivity index (χ1) is 7.65. The molecule has 2 rings (SSSR count). The lowest BCUT2D eigenvalue weighted by Gasteiger charge is -2.13. The van der Waals surface area contributed by atoms with Crippen LogP contribution < -0.4 is 5.32 Å². The highest BCUT2D eigenvalue weighted by Crippen LogP contribution is 2.33. The summed E-state index contributed by atoms with van der Waals surface area (Å²) in [5.41, 5.74) is 1.04. The summed E-state index contributed by atoms with van der Waals surface area (Å²) in [6.07, 6.45) is 4.01. The van der Waals surface area contributed by atoms with Crippen molar-refractivity contribution in [3.05, 3.63) is 34.6 Å². The van der Waals surface area contributed by atoms with E-state index in [1.165, 1.54) is 25.3 Å². The van der Waals surface area contributed by atoms with Gasteiger partial charge in [-0.05, 0) is 37.0 Å². The Morgan fingerprint density at radius 1 is 1.50 bits per heavy atom. The van der Waals surface area contributed by atoms with Gasteiger partial charge in [0.05, 0.1) is 5.02 Å². The summed E-state index contributed by atoms with van der Waals surface area (Å²) in [6, 6.07) is 5.41. The van der Waals surface area contributed by atoms with Crippen molar-refractivity contribution in [3.63, 3.8) is 0 Å². The van der Waals surface area contributed by atoms with Gasteiger partial charge in [-0.25, -0.2) is 4.39 Å². The van der Waals surface area contributed by atoms with Gasteiger partial charge in [-0.2, -0.15) is 0 Å². The Hall–Kier alpha value is -0.600. The normalized spacial score (nSPS) is 17.4. The van der Waals surface area contributed by atoms with Crippen molar-refractivity contribution in [1.29, 1.82) is 0 Å². The van der Waals surface area contributed by atoms with Crippen molar-refractivity contribution in [2.45, 2.75) is 38.8 Å². The minimum atomic E-state index is -0.351. The van der Waals surface area contributed by atoms with E-state index in [9.17, 15) is 4.39 Å². The molecular formula is C13H17ClFN. The molecule has 1 fully saturated rings. The number of rotatable bonds is 5. The smallest absolute Gasteiger partial charge is 0.141 e. The third-order valence-electron chi connectivity index (χ3n) is 3.02. The van der Waals surface area contributed by atoms with Crippen molar-refractivity contribution in [3.8, 4) is 0 Å². The fourth-order valence-electron chi connectivity index (χ4n) is 1.88. The summed E-state index contributed by atoms with van der Waals surface area (Å²) in [7, 11) is 0. The maximum atomic E-state index is 12.9. The molecule has 1 aliphatic carbocycles. The van der Waals surface area contributed by atoms with E-state index in [0.717, 1.165) is 18.0 Å². The summed E-state index contributed by atoms with van der Waals surface area (Å²) < 4.78 is 12.9. The van der Waals surface area contributed by atoms with Crippen molar-refractivity contribution >= 4 is 11.6 Å². The van der Waals surface area contributed by atoms with Crippen molar-refractivity contribution in [2.24, 2.45) is 5.92 Å². The topological polar surface area (TPSA) is 12.0 Å². The molecule has 0 aliphatic heterocycles. The van der Waals surface area contributed by atoms with E-state index in [-0.39, 0.29) is 10.8 Å². The zero-order chi connectivity index (χ0) is 11.5. The molecule has 16 heavy (non-hydrogen) atoms. The van der Waals surface area contributed by atoms with E-state index in [1.807, 2.05) is 0 Å². The Morgan fingerprint density at radius 2 is 2.25 bits per heavy atom. The van der Waals surface area contributed by atoms with Gasteiger partial charge in [-0.1, -0.05) is 30.5 Å². The first-order valence-corrected chi connectivity index (χ1v) is 6.20. The Balaban J connectivity index is 1.81. The fourth-order valence-corrected chi connectivity index (χ4v) is 2.08. The quantitative estimate of drug-likeness (QED) is 0.828. The van der Waals surface area contributed by atoms with Crippen LogP contribution in [0.4, 0.5) is 4.39 Å². The van der Waals surface area contributed by atoms with Crippen LogP contribution in [0.15, 0.2) is 18.2 Å². The monoisotopic (exact) mass is 241 g/mol. The van der Waals surface area contributed by atoms with Gasteiger partial charge in [0.15, 0.2) is 0 Å². The van der Waals surface area contributed by atoms with Gasteiger partial charge >= 0.3 is 0 Å². The number of benzene rings is 1. The fraction of sp³-hybridized carbons (Fsp3) is 0.538. The zero-order valence-electron chi connectivity index (χ0n) is 9.47. The molecule has 1 N–H and O–H groups in total. The van der Waals surface area contributed by atoms with Crippen molar-refractivity contribution in [2.75, 3.05) is 0 Å². The number of halogens is 2. The van der Waals surface area contributed by atoms with Crippen LogP contribution in [0.3, 0.4) is 0 Å². The molecule has 0 heterocycles. The van der Waals surface area contributed by atoms with Crippen LogP contribution in [0.1, 0.15) is 31.7 Å². The van der Waals surface area contributed by atoms with Gasteiger partial charge in [0.2, 0.25) is 0 Å². The highest BCUT2D eigenvalue weighted by atomic mass is 35.5. The Labute approximate surface area is 101 Å². The van der Waals surface area contributed by atoms with Gasteiger partial charge in [-0.15, -0.1) is 0 Å². The average Bonchev–Trinajstić information content (AvgIpc) is 3.04.